The number of carbonyl (C=O) groups is 1. The zero-order chi connectivity index (χ0) is 10.4. The standard InChI is InChI=1S/C12H20O2/c1-2-3-4-5-6-12(14)10-7-8-11(13)9-10/h9,11,13H,2-8H2,1H3. The second kappa shape index (κ2) is 5.97. The van der Waals surface area contributed by atoms with E-state index in [0.717, 1.165) is 31.3 Å². The van der Waals surface area contributed by atoms with E-state index in [2.05, 4.69) is 6.92 Å². The second-order valence-electron chi connectivity index (χ2n) is 4.03. The predicted octanol–water partition coefficient (Wildman–Crippen LogP) is 2.61. The van der Waals surface area contributed by atoms with Crippen molar-refractivity contribution in [1.29, 1.82) is 0 Å². The smallest absolute Gasteiger partial charge is 0.158 e. The molecule has 0 bridgehead atoms. The summed E-state index contributed by atoms with van der Waals surface area (Å²) in [5.41, 5.74) is 0.856. The molecule has 1 unspecified atom stereocenters. The van der Waals surface area contributed by atoms with Crippen LogP contribution in [0.15, 0.2) is 11.6 Å². The van der Waals surface area contributed by atoms with Gasteiger partial charge in [-0.2, -0.15) is 0 Å². The van der Waals surface area contributed by atoms with Crippen LogP contribution >= 0.6 is 0 Å². The summed E-state index contributed by atoms with van der Waals surface area (Å²) in [7, 11) is 0. The van der Waals surface area contributed by atoms with Gasteiger partial charge < -0.3 is 5.11 Å². The van der Waals surface area contributed by atoms with Crippen molar-refractivity contribution in [1.82, 2.24) is 0 Å². The molecular formula is C12H20O2. The van der Waals surface area contributed by atoms with E-state index in [1.54, 1.807) is 6.08 Å². The van der Waals surface area contributed by atoms with Gasteiger partial charge in [0.15, 0.2) is 5.78 Å². The Morgan fingerprint density at radius 2 is 2.29 bits per heavy atom. The topological polar surface area (TPSA) is 37.3 Å². The minimum atomic E-state index is -0.371. The van der Waals surface area contributed by atoms with Gasteiger partial charge in [-0.1, -0.05) is 26.2 Å². The van der Waals surface area contributed by atoms with Gasteiger partial charge in [-0.05, 0) is 30.9 Å². The number of carbonyl (C=O) groups excluding carboxylic acids is 1. The fraction of sp³-hybridized carbons (Fsp3) is 0.750. The van der Waals surface area contributed by atoms with Crippen molar-refractivity contribution in [3.05, 3.63) is 11.6 Å². The van der Waals surface area contributed by atoms with Crippen molar-refractivity contribution < 1.29 is 9.90 Å². The van der Waals surface area contributed by atoms with Crippen molar-refractivity contribution in [3.8, 4) is 0 Å². The lowest BCUT2D eigenvalue weighted by Crippen LogP contribution is -2.00. The molecule has 1 aliphatic rings. The molecule has 14 heavy (non-hydrogen) atoms. The van der Waals surface area contributed by atoms with Crippen molar-refractivity contribution in [2.75, 3.05) is 0 Å². The average molecular weight is 196 g/mol. The molecule has 0 heterocycles. The Morgan fingerprint density at radius 1 is 1.50 bits per heavy atom. The van der Waals surface area contributed by atoms with Crippen LogP contribution in [-0.4, -0.2) is 17.0 Å². The number of aliphatic hydroxyl groups excluding tert-OH is 1. The lowest BCUT2D eigenvalue weighted by Gasteiger charge is -2.00. The lowest BCUT2D eigenvalue weighted by molar-refractivity contribution is -0.115. The van der Waals surface area contributed by atoms with Crippen LogP contribution in [0.4, 0.5) is 0 Å². The third-order valence-corrected chi connectivity index (χ3v) is 2.72. The fourth-order valence-electron chi connectivity index (χ4n) is 1.81. The summed E-state index contributed by atoms with van der Waals surface area (Å²) in [4.78, 5) is 11.6. The van der Waals surface area contributed by atoms with Gasteiger partial charge in [0.2, 0.25) is 0 Å². The van der Waals surface area contributed by atoms with Crippen LogP contribution in [0.2, 0.25) is 0 Å². The van der Waals surface area contributed by atoms with E-state index in [1.807, 2.05) is 0 Å². The molecule has 0 radical (unpaired) electrons. The highest BCUT2D eigenvalue weighted by atomic mass is 16.3. The summed E-state index contributed by atoms with van der Waals surface area (Å²) in [6.07, 6.45) is 8.09. The first-order valence-corrected chi connectivity index (χ1v) is 5.66. The Labute approximate surface area is 86.0 Å². The summed E-state index contributed by atoms with van der Waals surface area (Å²) in [6, 6.07) is 0. The van der Waals surface area contributed by atoms with Crippen LogP contribution in [0.3, 0.4) is 0 Å². The summed E-state index contributed by atoms with van der Waals surface area (Å²) < 4.78 is 0. The van der Waals surface area contributed by atoms with E-state index in [0.29, 0.717) is 6.42 Å². The third-order valence-electron chi connectivity index (χ3n) is 2.72. The molecule has 0 saturated carbocycles. The van der Waals surface area contributed by atoms with E-state index in [1.165, 1.54) is 12.8 Å². The molecule has 80 valence electrons. The third kappa shape index (κ3) is 3.62. The zero-order valence-electron chi connectivity index (χ0n) is 8.96. The second-order valence-corrected chi connectivity index (χ2v) is 4.03. The Balaban J connectivity index is 2.19. The maximum Gasteiger partial charge on any atom is 0.158 e. The van der Waals surface area contributed by atoms with Gasteiger partial charge in [0, 0.05) is 6.42 Å². The monoisotopic (exact) mass is 196 g/mol. The molecule has 2 nitrogen and oxygen atoms in total. The number of unbranched alkanes of at least 4 members (excludes halogenated alkanes) is 3. The summed E-state index contributed by atoms with van der Waals surface area (Å²) in [5, 5.41) is 9.23. The number of rotatable bonds is 6. The highest BCUT2D eigenvalue weighted by Crippen LogP contribution is 2.21. The van der Waals surface area contributed by atoms with Crippen LogP contribution < -0.4 is 0 Å². The Morgan fingerprint density at radius 3 is 2.86 bits per heavy atom. The number of hydrogen-bond acceptors (Lipinski definition) is 2. The molecule has 0 aromatic carbocycles. The molecule has 0 aromatic rings. The molecule has 1 N–H and O–H groups in total. The normalized spacial score (nSPS) is 21.0. The molecule has 1 atom stereocenters. The summed E-state index contributed by atoms with van der Waals surface area (Å²) in [5.74, 6) is 0.248. The number of aliphatic hydroxyl groups is 1. The average Bonchev–Trinajstić information content (AvgIpc) is 2.59. The van der Waals surface area contributed by atoms with E-state index in [9.17, 15) is 9.90 Å². The van der Waals surface area contributed by atoms with Crippen LogP contribution in [-0.2, 0) is 4.79 Å². The van der Waals surface area contributed by atoms with Crippen LogP contribution in [0.1, 0.15) is 51.9 Å². The molecule has 1 rings (SSSR count). The van der Waals surface area contributed by atoms with E-state index in [-0.39, 0.29) is 11.9 Å². The molecule has 0 aliphatic heterocycles. The van der Waals surface area contributed by atoms with Crippen LogP contribution in [0.5, 0.6) is 0 Å². The van der Waals surface area contributed by atoms with Crippen molar-refractivity contribution in [2.45, 2.75) is 58.0 Å². The van der Waals surface area contributed by atoms with Crippen LogP contribution in [0, 0.1) is 0 Å². The molecule has 1 aliphatic carbocycles. The predicted molar refractivity (Wildman–Crippen MR) is 57.1 cm³/mol. The van der Waals surface area contributed by atoms with Gasteiger partial charge in [-0.25, -0.2) is 0 Å². The largest absolute Gasteiger partial charge is 0.389 e. The number of Topliss-reactive ketones (excluding diaryl/α,β-unsaturated/α-hetero) is 1. The SMILES string of the molecule is CCCCCCC(=O)C1=CC(O)CC1. The number of hydrogen-bond donors (Lipinski definition) is 1. The maximum absolute atomic E-state index is 11.6. The van der Waals surface area contributed by atoms with E-state index in [4.69, 9.17) is 0 Å². The van der Waals surface area contributed by atoms with Crippen LogP contribution in [0.25, 0.3) is 0 Å². The number of allylic oxidation sites excluding steroid dienone is 1. The Bertz CT molecular complexity index is 218. The van der Waals surface area contributed by atoms with Gasteiger partial charge in [0.25, 0.3) is 0 Å². The highest BCUT2D eigenvalue weighted by Gasteiger charge is 2.17. The first-order chi connectivity index (χ1) is 6.74. The molecule has 0 amide bonds. The number of ketones is 1. The molecule has 0 aromatic heterocycles. The molecule has 2 heteroatoms. The molecule has 0 fully saturated rings. The summed E-state index contributed by atoms with van der Waals surface area (Å²) >= 11 is 0. The molecular weight excluding hydrogens is 176 g/mol. The van der Waals surface area contributed by atoms with Gasteiger partial charge in [0.1, 0.15) is 0 Å². The van der Waals surface area contributed by atoms with Gasteiger partial charge >= 0.3 is 0 Å². The molecule has 0 spiro atoms. The lowest BCUT2D eigenvalue weighted by atomic mass is 10.0. The van der Waals surface area contributed by atoms with Gasteiger partial charge in [-0.15, -0.1) is 0 Å². The molecule has 0 saturated heterocycles. The zero-order valence-corrected chi connectivity index (χ0v) is 8.96. The first-order valence-electron chi connectivity index (χ1n) is 5.66. The van der Waals surface area contributed by atoms with E-state index < -0.39 is 0 Å². The van der Waals surface area contributed by atoms with Gasteiger partial charge in [-0.3, -0.25) is 4.79 Å². The van der Waals surface area contributed by atoms with Crippen molar-refractivity contribution >= 4 is 5.78 Å². The maximum atomic E-state index is 11.6. The minimum absolute atomic E-state index is 0.248. The quantitative estimate of drug-likeness (QED) is 0.663. The van der Waals surface area contributed by atoms with Gasteiger partial charge in [0.05, 0.1) is 6.10 Å². The fourth-order valence-corrected chi connectivity index (χ4v) is 1.81. The van der Waals surface area contributed by atoms with E-state index >= 15 is 0 Å². The highest BCUT2D eigenvalue weighted by molar-refractivity contribution is 5.95. The van der Waals surface area contributed by atoms with Crippen molar-refractivity contribution in [3.63, 3.8) is 0 Å². The van der Waals surface area contributed by atoms with Crippen molar-refractivity contribution in [2.24, 2.45) is 0 Å². The minimum Gasteiger partial charge on any atom is -0.389 e. The Kier molecular flexibility index (Phi) is 4.88. The summed E-state index contributed by atoms with van der Waals surface area (Å²) in [6.45, 7) is 2.16. The Hall–Kier alpha value is -0.630. The first kappa shape index (κ1) is 11.4.